The third kappa shape index (κ3) is 1.28. The van der Waals surface area contributed by atoms with Crippen LogP contribution in [-0.4, -0.2) is 5.11 Å². The molecule has 62 valence electrons. The Hall–Kier alpha value is -0.380. The van der Waals surface area contributed by atoms with Gasteiger partial charge in [-0.05, 0) is 12.1 Å². The van der Waals surface area contributed by atoms with Crippen LogP contribution in [0.4, 0.5) is 0 Å². The average molecular weight is 217 g/mol. The summed E-state index contributed by atoms with van der Waals surface area (Å²) in [6, 6.07) is 5.31. The molecule has 0 aliphatic rings. The minimum atomic E-state index is 0.283. The highest BCUT2D eigenvalue weighted by molar-refractivity contribution is 7.80. The molecule has 0 bridgehead atoms. The third-order valence-electron chi connectivity index (χ3n) is 1.56. The molecule has 0 fully saturated rings. The third-order valence-corrected chi connectivity index (χ3v) is 3.01. The topological polar surface area (TPSA) is 20.2 Å². The second kappa shape index (κ2) is 2.83. The largest absolute Gasteiger partial charge is 0.499 e. The molecule has 1 N–H and O–H groups in total. The second-order valence-corrected chi connectivity index (χ2v) is 4.41. The van der Waals surface area contributed by atoms with Crippen molar-refractivity contribution in [2.75, 3.05) is 0 Å². The first-order valence-electron chi connectivity index (χ1n) is 3.28. The van der Waals surface area contributed by atoms with Gasteiger partial charge in [-0.3, -0.25) is 0 Å². The number of fused-ring (bicyclic) bond motifs is 1. The summed E-state index contributed by atoms with van der Waals surface area (Å²) in [6.07, 6.45) is 0. The molecule has 4 heteroatoms. The van der Waals surface area contributed by atoms with Gasteiger partial charge in [-0.25, -0.2) is 0 Å². The number of halogens is 1. The predicted octanol–water partition coefficient (Wildman–Crippen LogP) is 3.55. The van der Waals surface area contributed by atoms with Crippen LogP contribution in [0, 0.1) is 0 Å². The average Bonchev–Trinajstić information content (AvgIpc) is 2.29. The van der Waals surface area contributed by atoms with Gasteiger partial charge in [0.15, 0.2) is 5.06 Å². The zero-order valence-electron chi connectivity index (χ0n) is 5.91. The van der Waals surface area contributed by atoms with Crippen molar-refractivity contribution < 1.29 is 5.11 Å². The van der Waals surface area contributed by atoms with Gasteiger partial charge in [0.2, 0.25) is 0 Å². The van der Waals surface area contributed by atoms with Crippen molar-refractivity contribution in [1.29, 1.82) is 0 Å². The van der Waals surface area contributed by atoms with Crippen LogP contribution < -0.4 is 0 Å². The van der Waals surface area contributed by atoms with E-state index in [0.717, 1.165) is 15.0 Å². The Morgan fingerprint density at radius 3 is 2.83 bits per heavy atom. The first-order valence-corrected chi connectivity index (χ1v) is 4.92. The number of rotatable bonds is 0. The minimum Gasteiger partial charge on any atom is -0.499 e. The highest BCUT2D eigenvalue weighted by Crippen LogP contribution is 2.36. The van der Waals surface area contributed by atoms with Crippen molar-refractivity contribution >= 4 is 45.7 Å². The number of hydrogen-bond acceptors (Lipinski definition) is 3. The Bertz CT molecular complexity index is 436. The van der Waals surface area contributed by atoms with Gasteiger partial charge in [0.05, 0.1) is 5.02 Å². The maximum atomic E-state index is 9.21. The van der Waals surface area contributed by atoms with Gasteiger partial charge in [-0.1, -0.05) is 22.9 Å². The van der Waals surface area contributed by atoms with Crippen LogP contribution in [0.2, 0.25) is 5.02 Å². The van der Waals surface area contributed by atoms with Crippen LogP contribution in [0.5, 0.6) is 5.06 Å². The van der Waals surface area contributed by atoms with Crippen LogP contribution >= 0.6 is 35.6 Å². The van der Waals surface area contributed by atoms with Crippen molar-refractivity contribution in [3.8, 4) is 5.06 Å². The molecule has 2 aromatic rings. The molecule has 2 rings (SSSR count). The fourth-order valence-corrected chi connectivity index (χ4v) is 2.69. The molecular weight excluding hydrogens is 212 g/mol. The Labute approximate surface area is 84.0 Å². The standard InChI is InChI=1S/C8H5ClOS2/c9-6-1-4(11)2-7-5(6)3-8(10)12-7/h1-3,10-11H. The van der Waals surface area contributed by atoms with Crippen LogP contribution in [0.15, 0.2) is 23.1 Å². The first-order chi connectivity index (χ1) is 5.66. The van der Waals surface area contributed by atoms with Crippen LogP contribution in [0.1, 0.15) is 0 Å². The summed E-state index contributed by atoms with van der Waals surface area (Å²) in [4.78, 5) is 0.814. The number of thiol groups is 1. The summed E-state index contributed by atoms with van der Waals surface area (Å²) in [5, 5.41) is 11.0. The molecule has 1 aromatic heterocycles. The lowest BCUT2D eigenvalue weighted by Gasteiger charge is -1.94. The van der Waals surface area contributed by atoms with Gasteiger partial charge >= 0.3 is 0 Å². The molecule has 0 saturated carbocycles. The van der Waals surface area contributed by atoms with Gasteiger partial charge in [-0.15, -0.1) is 12.6 Å². The van der Waals surface area contributed by atoms with Crippen LogP contribution in [-0.2, 0) is 0 Å². The molecule has 12 heavy (non-hydrogen) atoms. The highest BCUT2D eigenvalue weighted by Gasteiger charge is 2.04. The maximum Gasteiger partial charge on any atom is 0.172 e. The van der Waals surface area contributed by atoms with Gasteiger partial charge in [0, 0.05) is 21.0 Å². The molecule has 0 aliphatic carbocycles. The van der Waals surface area contributed by atoms with E-state index in [2.05, 4.69) is 12.6 Å². The molecule has 0 amide bonds. The zero-order chi connectivity index (χ0) is 8.72. The van der Waals surface area contributed by atoms with E-state index in [4.69, 9.17) is 11.6 Å². The van der Waals surface area contributed by atoms with Gasteiger partial charge in [0.25, 0.3) is 0 Å². The fraction of sp³-hybridized carbons (Fsp3) is 0. The Balaban J connectivity index is 2.88. The van der Waals surface area contributed by atoms with Crippen molar-refractivity contribution in [3.63, 3.8) is 0 Å². The molecule has 0 spiro atoms. The van der Waals surface area contributed by atoms with Crippen LogP contribution in [0.3, 0.4) is 0 Å². The molecule has 0 radical (unpaired) electrons. The van der Waals surface area contributed by atoms with Gasteiger partial charge < -0.3 is 5.11 Å². The molecule has 0 saturated heterocycles. The summed E-state index contributed by atoms with van der Waals surface area (Å²) in [5.74, 6) is 0. The lowest BCUT2D eigenvalue weighted by atomic mass is 10.3. The normalized spacial score (nSPS) is 10.8. The SMILES string of the molecule is Oc1cc2c(Cl)cc(S)cc2s1. The molecule has 1 heterocycles. The lowest BCUT2D eigenvalue weighted by Crippen LogP contribution is -1.67. The number of thiophene rings is 1. The van der Waals surface area contributed by atoms with Crippen molar-refractivity contribution in [2.45, 2.75) is 4.90 Å². The quantitative estimate of drug-likeness (QED) is 0.646. The summed E-state index contributed by atoms with van der Waals surface area (Å²) >= 11 is 11.4. The van der Waals surface area contributed by atoms with E-state index in [1.807, 2.05) is 6.07 Å². The zero-order valence-corrected chi connectivity index (χ0v) is 8.38. The van der Waals surface area contributed by atoms with E-state index in [1.54, 1.807) is 12.1 Å². The number of hydrogen-bond donors (Lipinski definition) is 2. The Morgan fingerprint density at radius 1 is 1.33 bits per heavy atom. The smallest absolute Gasteiger partial charge is 0.172 e. The summed E-state index contributed by atoms with van der Waals surface area (Å²) in [5.41, 5.74) is 0. The summed E-state index contributed by atoms with van der Waals surface area (Å²) < 4.78 is 0.963. The van der Waals surface area contributed by atoms with E-state index in [-0.39, 0.29) is 5.06 Å². The Kier molecular flexibility index (Phi) is 1.94. The van der Waals surface area contributed by atoms with Gasteiger partial charge in [0.1, 0.15) is 0 Å². The highest BCUT2D eigenvalue weighted by atomic mass is 35.5. The Morgan fingerprint density at radius 2 is 2.08 bits per heavy atom. The number of aromatic hydroxyl groups is 1. The van der Waals surface area contributed by atoms with Gasteiger partial charge in [-0.2, -0.15) is 0 Å². The summed E-state index contributed by atoms with van der Waals surface area (Å²) in [7, 11) is 0. The van der Waals surface area contributed by atoms with E-state index >= 15 is 0 Å². The van der Waals surface area contributed by atoms with E-state index in [1.165, 1.54) is 11.3 Å². The molecule has 0 atom stereocenters. The molecular formula is C8H5ClOS2. The molecule has 1 aromatic carbocycles. The molecule has 1 nitrogen and oxygen atoms in total. The lowest BCUT2D eigenvalue weighted by molar-refractivity contribution is 0.491. The van der Waals surface area contributed by atoms with E-state index in [0.29, 0.717) is 5.02 Å². The van der Waals surface area contributed by atoms with Crippen molar-refractivity contribution in [1.82, 2.24) is 0 Å². The van der Waals surface area contributed by atoms with E-state index < -0.39 is 0 Å². The maximum absolute atomic E-state index is 9.21. The fourth-order valence-electron chi connectivity index (χ4n) is 1.07. The second-order valence-electron chi connectivity index (χ2n) is 2.42. The molecule has 0 unspecified atom stereocenters. The monoisotopic (exact) mass is 216 g/mol. The summed E-state index contributed by atoms with van der Waals surface area (Å²) in [6.45, 7) is 0. The van der Waals surface area contributed by atoms with Crippen molar-refractivity contribution in [3.05, 3.63) is 23.2 Å². The van der Waals surface area contributed by atoms with Crippen molar-refractivity contribution in [2.24, 2.45) is 0 Å². The number of benzene rings is 1. The molecule has 0 aliphatic heterocycles. The minimum absolute atomic E-state index is 0.283. The van der Waals surface area contributed by atoms with Crippen LogP contribution in [0.25, 0.3) is 10.1 Å². The first kappa shape index (κ1) is 8.23. The van der Waals surface area contributed by atoms with E-state index in [9.17, 15) is 5.11 Å². The predicted molar refractivity (Wildman–Crippen MR) is 55.8 cm³/mol.